The van der Waals surface area contributed by atoms with E-state index in [4.69, 9.17) is 15.9 Å². The fourth-order valence-electron chi connectivity index (χ4n) is 1.01. The summed E-state index contributed by atoms with van der Waals surface area (Å²) in [6, 6.07) is 4.15. The largest absolute Gasteiger partial charge is 0.298 e. The second-order valence-electron chi connectivity index (χ2n) is 2.54. The summed E-state index contributed by atoms with van der Waals surface area (Å²) in [7, 11) is 1.09. The highest BCUT2D eigenvalue weighted by molar-refractivity contribution is 9.10. The summed E-state index contributed by atoms with van der Waals surface area (Å²) in [4.78, 5) is 10.2. The molecule has 78 valence electrons. The number of nitrogens with zero attached hydrogens (tertiary/aromatic N) is 1. The number of aldehydes is 1. The van der Waals surface area contributed by atoms with E-state index in [9.17, 15) is 13.2 Å². The number of halogens is 2. The van der Waals surface area contributed by atoms with E-state index in [-0.39, 0.29) is 16.0 Å². The van der Waals surface area contributed by atoms with Gasteiger partial charge in [0.25, 0.3) is 9.05 Å². The first-order chi connectivity index (χ1) is 6.90. The van der Waals surface area contributed by atoms with Gasteiger partial charge in [-0.1, -0.05) is 15.9 Å². The molecular weight excluding hydrogens is 306 g/mol. The molecule has 7 heteroatoms. The van der Waals surface area contributed by atoms with Crippen molar-refractivity contribution >= 4 is 41.9 Å². The van der Waals surface area contributed by atoms with Crippen LogP contribution in [-0.2, 0) is 9.05 Å². The summed E-state index contributed by atoms with van der Waals surface area (Å²) >= 11 is 3.02. The van der Waals surface area contributed by atoms with Gasteiger partial charge in [-0.05, 0) is 12.1 Å². The minimum absolute atomic E-state index is 0.0221. The lowest BCUT2D eigenvalue weighted by Gasteiger charge is -2.03. The number of benzene rings is 1. The van der Waals surface area contributed by atoms with E-state index in [1.165, 1.54) is 12.1 Å². The van der Waals surface area contributed by atoms with E-state index in [1.54, 1.807) is 6.07 Å². The maximum absolute atomic E-state index is 11.1. The van der Waals surface area contributed by atoms with Crippen molar-refractivity contribution in [2.24, 2.45) is 0 Å². The van der Waals surface area contributed by atoms with Crippen molar-refractivity contribution in [2.45, 2.75) is 4.90 Å². The van der Waals surface area contributed by atoms with Crippen molar-refractivity contribution in [1.29, 1.82) is 5.26 Å². The molecule has 0 aliphatic heterocycles. The third kappa shape index (κ3) is 2.56. The Labute approximate surface area is 99.0 Å². The van der Waals surface area contributed by atoms with E-state index in [0.29, 0.717) is 10.8 Å². The van der Waals surface area contributed by atoms with Crippen LogP contribution in [0.15, 0.2) is 21.5 Å². The summed E-state index contributed by atoms with van der Waals surface area (Å²) in [6.45, 7) is 0. The second-order valence-corrected chi connectivity index (χ2v) is 5.99. The Morgan fingerprint density at radius 1 is 1.47 bits per heavy atom. The maximum Gasteiger partial charge on any atom is 0.262 e. The third-order valence-electron chi connectivity index (χ3n) is 1.60. The zero-order valence-electron chi connectivity index (χ0n) is 7.07. The first kappa shape index (κ1) is 12.2. The number of carbonyl (C=O) groups is 1. The highest BCUT2D eigenvalue weighted by atomic mass is 79.9. The van der Waals surface area contributed by atoms with Crippen molar-refractivity contribution in [3.8, 4) is 6.07 Å². The predicted octanol–water partition coefficient (Wildman–Crippen LogP) is 2.06. The van der Waals surface area contributed by atoms with Gasteiger partial charge in [0.2, 0.25) is 0 Å². The lowest BCUT2D eigenvalue weighted by Crippen LogP contribution is -1.99. The lowest BCUT2D eigenvalue weighted by atomic mass is 10.1. The number of carbonyl (C=O) groups excluding carboxylic acids is 1. The van der Waals surface area contributed by atoms with Gasteiger partial charge in [0.1, 0.15) is 11.0 Å². The molecule has 0 aliphatic carbocycles. The molecule has 0 atom stereocenters. The minimum Gasteiger partial charge on any atom is -0.298 e. The molecule has 0 heterocycles. The van der Waals surface area contributed by atoms with Gasteiger partial charge >= 0.3 is 0 Å². The molecule has 4 nitrogen and oxygen atoms in total. The van der Waals surface area contributed by atoms with Crippen molar-refractivity contribution < 1.29 is 13.2 Å². The van der Waals surface area contributed by atoms with Gasteiger partial charge in [-0.2, -0.15) is 5.26 Å². The van der Waals surface area contributed by atoms with Crippen molar-refractivity contribution in [3.63, 3.8) is 0 Å². The van der Waals surface area contributed by atoms with Crippen LogP contribution >= 0.6 is 26.6 Å². The summed E-state index contributed by atoms with van der Waals surface area (Å²) in [5.74, 6) is 0. The Hall–Kier alpha value is -0.900. The average Bonchev–Trinajstić information content (AvgIpc) is 2.15. The molecule has 0 aromatic heterocycles. The molecule has 0 fully saturated rings. The van der Waals surface area contributed by atoms with E-state index < -0.39 is 9.05 Å². The molecule has 0 saturated heterocycles. The van der Waals surface area contributed by atoms with Crippen molar-refractivity contribution in [1.82, 2.24) is 0 Å². The van der Waals surface area contributed by atoms with E-state index in [0.717, 1.165) is 0 Å². The smallest absolute Gasteiger partial charge is 0.262 e. The lowest BCUT2D eigenvalue weighted by molar-refractivity contribution is 0.112. The molecule has 1 aromatic rings. The van der Waals surface area contributed by atoms with E-state index >= 15 is 0 Å². The van der Waals surface area contributed by atoms with Gasteiger partial charge in [0.05, 0.1) is 5.56 Å². The van der Waals surface area contributed by atoms with Crippen LogP contribution in [0.3, 0.4) is 0 Å². The summed E-state index contributed by atoms with van der Waals surface area (Å²) in [5.41, 5.74) is -0.269. The zero-order chi connectivity index (χ0) is 11.6. The molecule has 0 spiro atoms. The van der Waals surface area contributed by atoms with Gasteiger partial charge in [0, 0.05) is 20.7 Å². The van der Waals surface area contributed by atoms with Crippen LogP contribution in [0.2, 0.25) is 0 Å². The number of hydrogen-bond acceptors (Lipinski definition) is 4. The first-order valence-corrected chi connectivity index (χ1v) is 6.64. The summed E-state index contributed by atoms with van der Waals surface area (Å²) in [5, 5.41) is 8.74. The standard InChI is InChI=1S/C8H3BrClNO3S/c9-6-1-5(4-12)7(3-11)8(2-6)15(10,13)14/h1-2,4H. The molecule has 0 unspecified atom stereocenters. The van der Waals surface area contributed by atoms with Crippen LogP contribution < -0.4 is 0 Å². The van der Waals surface area contributed by atoms with Gasteiger partial charge in [0.15, 0.2) is 6.29 Å². The van der Waals surface area contributed by atoms with Gasteiger partial charge in [-0.3, -0.25) is 4.79 Å². The molecule has 0 N–H and O–H groups in total. The molecule has 0 radical (unpaired) electrons. The first-order valence-electron chi connectivity index (χ1n) is 3.53. The summed E-state index contributed by atoms with van der Waals surface area (Å²) in [6.07, 6.45) is 0.398. The Kier molecular flexibility index (Phi) is 3.50. The molecular formula is C8H3BrClNO3S. The van der Waals surface area contributed by atoms with E-state index in [1.807, 2.05) is 0 Å². The molecule has 15 heavy (non-hydrogen) atoms. The molecule has 0 amide bonds. The molecule has 1 rings (SSSR count). The topological polar surface area (TPSA) is 75.0 Å². The SMILES string of the molecule is N#Cc1c(C=O)cc(Br)cc1S(=O)(=O)Cl. The van der Waals surface area contributed by atoms with Crippen molar-refractivity contribution in [3.05, 3.63) is 27.7 Å². The predicted molar refractivity (Wildman–Crippen MR) is 57.3 cm³/mol. The Morgan fingerprint density at radius 2 is 2.07 bits per heavy atom. The molecule has 1 aromatic carbocycles. The van der Waals surface area contributed by atoms with Gasteiger partial charge in [-0.15, -0.1) is 0 Å². The Balaban J connectivity index is 3.74. The number of hydrogen-bond donors (Lipinski definition) is 0. The Bertz CT molecular complexity index is 562. The second kappa shape index (κ2) is 4.31. The number of rotatable bonds is 2. The van der Waals surface area contributed by atoms with Crippen LogP contribution in [0.1, 0.15) is 15.9 Å². The highest BCUT2D eigenvalue weighted by Gasteiger charge is 2.19. The highest BCUT2D eigenvalue weighted by Crippen LogP contribution is 2.26. The summed E-state index contributed by atoms with van der Waals surface area (Å²) < 4.78 is 22.6. The fraction of sp³-hybridized carbons (Fsp3) is 0. The molecule has 0 aliphatic rings. The number of nitriles is 1. The Morgan fingerprint density at radius 3 is 2.47 bits per heavy atom. The third-order valence-corrected chi connectivity index (χ3v) is 3.40. The van der Waals surface area contributed by atoms with Crippen LogP contribution in [0.25, 0.3) is 0 Å². The molecule has 0 saturated carbocycles. The zero-order valence-corrected chi connectivity index (χ0v) is 10.2. The quantitative estimate of drug-likeness (QED) is 0.619. The van der Waals surface area contributed by atoms with Crippen LogP contribution in [0, 0.1) is 11.3 Å². The van der Waals surface area contributed by atoms with Gasteiger partial charge < -0.3 is 0 Å². The van der Waals surface area contributed by atoms with Crippen LogP contribution in [0.4, 0.5) is 0 Å². The van der Waals surface area contributed by atoms with E-state index in [2.05, 4.69) is 15.9 Å². The van der Waals surface area contributed by atoms with Crippen LogP contribution in [0.5, 0.6) is 0 Å². The monoisotopic (exact) mass is 307 g/mol. The average molecular weight is 309 g/mol. The minimum atomic E-state index is -4.04. The molecule has 0 bridgehead atoms. The van der Waals surface area contributed by atoms with Crippen molar-refractivity contribution in [2.75, 3.05) is 0 Å². The van der Waals surface area contributed by atoms with Crippen LogP contribution in [-0.4, -0.2) is 14.7 Å². The normalized spacial score (nSPS) is 10.7. The maximum atomic E-state index is 11.1. The van der Waals surface area contributed by atoms with Gasteiger partial charge in [-0.25, -0.2) is 8.42 Å². The fourth-order valence-corrected chi connectivity index (χ4v) is 2.67.